The van der Waals surface area contributed by atoms with Crippen LogP contribution >= 0.6 is 0 Å². The SMILES string of the molecule is NCCc1ccc(CNC(=O)CC2CCS(=O)(=O)C2)cc1. The average molecular weight is 310 g/mol. The number of hydrogen-bond acceptors (Lipinski definition) is 4. The molecule has 1 saturated heterocycles. The lowest BCUT2D eigenvalue weighted by Crippen LogP contribution is -2.25. The van der Waals surface area contributed by atoms with Gasteiger partial charge in [-0.2, -0.15) is 0 Å². The summed E-state index contributed by atoms with van der Waals surface area (Å²) in [7, 11) is -2.91. The maximum absolute atomic E-state index is 11.8. The molecule has 6 heteroatoms. The minimum atomic E-state index is -2.91. The molecule has 1 fully saturated rings. The Bertz CT molecular complexity index is 581. The van der Waals surface area contributed by atoms with Gasteiger partial charge in [0.15, 0.2) is 9.84 Å². The van der Waals surface area contributed by atoms with E-state index in [1.54, 1.807) is 0 Å². The number of benzene rings is 1. The molecule has 0 radical (unpaired) electrons. The van der Waals surface area contributed by atoms with Crippen LogP contribution in [0.25, 0.3) is 0 Å². The van der Waals surface area contributed by atoms with Gasteiger partial charge in [-0.05, 0) is 36.4 Å². The standard InChI is InChI=1S/C15H22N2O3S/c16-7-5-12-1-3-13(4-2-12)10-17-15(18)9-14-6-8-21(19,20)11-14/h1-4,14H,5-11,16H2,(H,17,18). The van der Waals surface area contributed by atoms with E-state index in [1.165, 1.54) is 5.56 Å². The molecule has 1 aliphatic rings. The summed E-state index contributed by atoms with van der Waals surface area (Å²) in [6.07, 6.45) is 1.75. The van der Waals surface area contributed by atoms with Crippen LogP contribution in [0, 0.1) is 5.92 Å². The van der Waals surface area contributed by atoms with Crippen LogP contribution in [-0.2, 0) is 27.6 Å². The maximum atomic E-state index is 11.8. The van der Waals surface area contributed by atoms with Crippen LogP contribution < -0.4 is 11.1 Å². The number of nitrogens with two attached hydrogens (primary N) is 1. The Morgan fingerprint density at radius 3 is 2.48 bits per heavy atom. The Morgan fingerprint density at radius 1 is 1.24 bits per heavy atom. The highest BCUT2D eigenvalue weighted by Gasteiger charge is 2.29. The molecule has 21 heavy (non-hydrogen) atoms. The summed E-state index contributed by atoms with van der Waals surface area (Å²) in [5.41, 5.74) is 7.71. The van der Waals surface area contributed by atoms with E-state index in [-0.39, 0.29) is 23.3 Å². The van der Waals surface area contributed by atoms with E-state index in [4.69, 9.17) is 5.73 Å². The monoisotopic (exact) mass is 310 g/mol. The molecule has 5 nitrogen and oxygen atoms in total. The van der Waals surface area contributed by atoms with Crippen LogP contribution in [0.1, 0.15) is 24.0 Å². The van der Waals surface area contributed by atoms with E-state index in [0.717, 1.165) is 12.0 Å². The van der Waals surface area contributed by atoms with Gasteiger partial charge in [0.1, 0.15) is 0 Å². The topological polar surface area (TPSA) is 89.3 Å². The lowest BCUT2D eigenvalue weighted by molar-refractivity contribution is -0.122. The lowest BCUT2D eigenvalue weighted by atomic mass is 10.0. The average Bonchev–Trinajstić information content (AvgIpc) is 2.77. The van der Waals surface area contributed by atoms with E-state index >= 15 is 0 Å². The minimum Gasteiger partial charge on any atom is -0.352 e. The molecule has 0 saturated carbocycles. The molecule has 1 atom stereocenters. The molecule has 1 aromatic carbocycles. The van der Waals surface area contributed by atoms with E-state index in [2.05, 4.69) is 5.32 Å². The molecular weight excluding hydrogens is 288 g/mol. The highest BCUT2D eigenvalue weighted by molar-refractivity contribution is 7.91. The number of carbonyl (C=O) groups excluding carboxylic acids is 1. The predicted octanol–water partition coefficient (Wildman–Crippen LogP) is 0.629. The second kappa shape index (κ2) is 7.04. The Morgan fingerprint density at radius 2 is 1.90 bits per heavy atom. The summed E-state index contributed by atoms with van der Waals surface area (Å²) in [5, 5.41) is 2.85. The van der Waals surface area contributed by atoms with Crippen molar-refractivity contribution in [3.05, 3.63) is 35.4 Å². The van der Waals surface area contributed by atoms with Gasteiger partial charge < -0.3 is 11.1 Å². The van der Waals surface area contributed by atoms with Gasteiger partial charge in [-0.15, -0.1) is 0 Å². The zero-order valence-electron chi connectivity index (χ0n) is 12.0. The van der Waals surface area contributed by atoms with Crippen LogP contribution in [0.15, 0.2) is 24.3 Å². The van der Waals surface area contributed by atoms with E-state index in [0.29, 0.717) is 25.9 Å². The van der Waals surface area contributed by atoms with Crippen molar-refractivity contribution in [1.82, 2.24) is 5.32 Å². The first-order valence-electron chi connectivity index (χ1n) is 7.23. The fourth-order valence-electron chi connectivity index (χ4n) is 2.56. The van der Waals surface area contributed by atoms with Crippen molar-refractivity contribution in [2.75, 3.05) is 18.1 Å². The molecule has 1 heterocycles. The number of sulfone groups is 1. The molecule has 1 unspecified atom stereocenters. The van der Waals surface area contributed by atoms with Crippen molar-refractivity contribution in [3.8, 4) is 0 Å². The largest absolute Gasteiger partial charge is 0.352 e. The summed E-state index contributed by atoms with van der Waals surface area (Å²) in [5.74, 6) is 0.256. The van der Waals surface area contributed by atoms with E-state index in [1.807, 2.05) is 24.3 Å². The molecule has 0 aliphatic carbocycles. The quantitative estimate of drug-likeness (QED) is 0.806. The molecule has 0 aromatic heterocycles. The molecule has 0 spiro atoms. The molecule has 116 valence electrons. The molecule has 0 bridgehead atoms. The van der Waals surface area contributed by atoms with Crippen LogP contribution in [0.3, 0.4) is 0 Å². The summed E-state index contributed by atoms with van der Waals surface area (Å²) in [4.78, 5) is 11.8. The molecule has 1 amide bonds. The molecular formula is C15H22N2O3S. The highest BCUT2D eigenvalue weighted by Crippen LogP contribution is 2.21. The number of amides is 1. The molecule has 2 rings (SSSR count). The number of nitrogens with one attached hydrogen (secondary N) is 1. The summed E-state index contributed by atoms with van der Waals surface area (Å²) in [6.45, 7) is 1.10. The van der Waals surface area contributed by atoms with Crippen molar-refractivity contribution >= 4 is 15.7 Å². The van der Waals surface area contributed by atoms with Crippen LogP contribution in [0.5, 0.6) is 0 Å². The van der Waals surface area contributed by atoms with Crippen LogP contribution in [-0.4, -0.2) is 32.4 Å². The van der Waals surface area contributed by atoms with Gasteiger partial charge >= 0.3 is 0 Å². The van der Waals surface area contributed by atoms with Crippen LogP contribution in [0.4, 0.5) is 0 Å². The Labute approximate surface area is 125 Å². The maximum Gasteiger partial charge on any atom is 0.220 e. The molecule has 3 N–H and O–H groups in total. The second-order valence-corrected chi connectivity index (χ2v) is 7.83. The first-order valence-corrected chi connectivity index (χ1v) is 9.05. The summed E-state index contributed by atoms with van der Waals surface area (Å²) in [6, 6.07) is 7.98. The Kier molecular flexibility index (Phi) is 5.36. The lowest BCUT2D eigenvalue weighted by Gasteiger charge is -2.09. The fourth-order valence-corrected chi connectivity index (χ4v) is 4.42. The van der Waals surface area contributed by atoms with Gasteiger partial charge in [-0.3, -0.25) is 4.79 Å². The normalized spacial score (nSPS) is 20.3. The Hall–Kier alpha value is -1.40. The number of rotatable bonds is 6. The predicted molar refractivity (Wildman–Crippen MR) is 82.4 cm³/mol. The van der Waals surface area contributed by atoms with Gasteiger partial charge in [0, 0.05) is 13.0 Å². The van der Waals surface area contributed by atoms with Crippen molar-refractivity contribution < 1.29 is 13.2 Å². The third-order valence-corrected chi connectivity index (χ3v) is 5.58. The molecule has 1 aromatic rings. The van der Waals surface area contributed by atoms with Crippen molar-refractivity contribution in [1.29, 1.82) is 0 Å². The zero-order chi connectivity index (χ0) is 15.3. The number of hydrogen-bond donors (Lipinski definition) is 2. The van der Waals surface area contributed by atoms with Crippen LogP contribution in [0.2, 0.25) is 0 Å². The minimum absolute atomic E-state index is 0.0260. The summed E-state index contributed by atoms with van der Waals surface area (Å²) >= 11 is 0. The van der Waals surface area contributed by atoms with Gasteiger partial charge in [0.05, 0.1) is 11.5 Å². The summed E-state index contributed by atoms with van der Waals surface area (Å²) < 4.78 is 22.7. The van der Waals surface area contributed by atoms with Gasteiger partial charge in [0.2, 0.25) is 5.91 Å². The van der Waals surface area contributed by atoms with Crippen molar-refractivity contribution in [3.63, 3.8) is 0 Å². The number of carbonyl (C=O) groups is 1. The second-order valence-electron chi connectivity index (χ2n) is 5.61. The van der Waals surface area contributed by atoms with Gasteiger partial charge in [-0.1, -0.05) is 24.3 Å². The van der Waals surface area contributed by atoms with E-state index in [9.17, 15) is 13.2 Å². The van der Waals surface area contributed by atoms with Crippen molar-refractivity contribution in [2.45, 2.75) is 25.8 Å². The fraction of sp³-hybridized carbons (Fsp3) is 0.533. The first kappa shape index (κ1) is 16.0. The van der Waals surface area contributed by atoms with E-state index < -0.39 is 9.84 Å². The first-order chi connectivity index (χ1) is 9.98. The molecule has 1 aliphatic heterocycles. The van der Waals surface area contributed by atoms with Gasteiger partial charge in [0.25, 0.3) is 0 Å². The third-order valence-electron chi connectivity index (χ3n) is 3.75. The smallest absolute Gasteiger partial charge is 0.220 e. The Balaban J connectivity index is 1.76. The third kappa shape index (κ3) is 5.13. The zero-order valence-corrected chi connectivity index (χ0v) is 12.9. The van der Waals surface area contributed by atoms with Crippen molar-refractivity contribution in [2.24, 2.45) is 11.7 Å². The highest BCUT2D eigenvalue weighted by atomic mass is 32.2. The van der Waals surface area contributed by atoms with Gasteiger partial charge in [-0.25, -0.2) is 8.42 Å².